The van der Waals surface area contributed by atoms with Crippen LogP contribution in [0.25, 0.3) is 16.6 Å². The minimum Gasteiger partial charge on any atom is -0.381 e. The third kappa shape index (κ3) is 3.48. The van der Waals surface area contributed by atoms with E-state index in [2.05, 4.69) is 27.2 Å². The number of nitrogens with two attached hydrogens (primary N) is 1. The van der Waals surface area contributed by atoms with Crippen molar-refractivity contribution in [3.63, 3.8) is 0 Å². The van der Waals surface area contributed by atoms with Gasteiger partial charge in [0.1, 0.15) is 11.4 Å². The molecule has 4 aromatic rings. The van der Waals surface area contributed by atoms with Crippen LogP contribution in [0.2, 0.25) is 0 Å². The summed E-state index contributed by atoms with van der Waals surface area (Å²) in [5.74, 6) is 7.07. The molecule has 0 spiro atoms. The molecule has 6 rings (SSSR count). The average molecular weight is 454 g/mol. The van der Waals surface area contributed by atoms with Crippen LogP contribution in [-0.4, -0.2) is 30.1 Å². The minimum atomic E-state index is -0.538. The van der Waals surface area contributed by atoms with Crippen molar-refractivity contribution in [1.82, 2.24) is 29.5 Å². The number of hydrogen-bond acceptors (Lipinski definition) is 6. The smallest absolute Gasteiger partial charge is 0.262 e. The topological polar surface area (TPSA) is 120 Å². The summed E-state index contributed by atoms with van der Waals surface area (Å²) in [6.07, 6.45) is 7.31. The number of amides is 1. The predicted molar refractivity (Wildman–Crippen MR) is 127 cm³/mol. The Morgan fingerprint density at radius 3 is 2.82 bits per heavy atom. The number of carbonyl (C=O) groups is 1. The van der Waals surface area contributed by atoms with Crippen molar-refractivity contribution < 1.29 is 4.79 Å². The summed E-state index contributed by atoms with van der Waals surface area (Å²) < 4.78 is 3.20. The van der Waals surface area contributed by atoms with Crippen LogP contribution in [-0.2, 0) is 0 Å². The van der Waals surface area contributed by atoms with Gasteiger partial charge in [-0.2, -0.15) is 0 Å². The molecule has 0 aliphatic heterocycles. The molecule has 0 bridgehead atoms. The molecular weight excluding hydrogens is 430 g/mol. The third-order valence-electron chi connectivity index (χ3n) is 6.24. The molecule has 0 saturated heterocycles. The number of benzene rings is 1. The van der Waals surface area contributed by atoms with Gasteiger partial charge in [-0.1, -0.05) is 17.9 Å². The second-order valence-electron chi connectivity index (χ2n) is 8.96. The van der Waals surface area contributed by atoms with E-state index in [0.717, 1.165) is 25.7 Å². The van der Waals surface area contributed by atoms with E-state index < -0.39 is 11.9 Å². The number of aromatic nitrogens is 5. The molecule has 1 amide bonds. The van der Waals surface area contributed by atoms with Gasteiger partial charge in [0.15, 0.2) is 11.5 Å². The van der Waals surface area contributed by atoms with Crippen LogP contribution >= 0.6 is 0 Å². The lowest BCUT2D eigenvalue weighted by Crippen LogP contribution is -2.34. The Balaban J connectivity index is 1.41. The van der Waals surface area contributed by atoms with E-state index in [9.17, 15) is 9.59 Å². The number of nitrogens with one attached hydrogen (secondary N) is 1. The zero-order valence-electron chi connectivity index (χ0n) is 18.7. The molecule has 2 saturated carbocycles. The molecule has 2 aliphatic rings. The van der Waals surface area contributed by atoms with Gasteiger partial charge < -0.3 is 11.1 Å². The Morgan fingerprint density at radius 1 is 1.24 bits per heavy atom. The normalized spacial score (nSPS) is 16.3. The summed E-state index contributed by atoms with van der Waals surface area (Å²) in [7, 11) is 0. The number of carbonyl (C=O) groups excluding carboxylic acids is 1. The molecule has 0 unspecified atom stereocenters. The van der Waals surface area contributed by atoms with Gasteiger partial charge in [-0.15, -0.1) is 5.10 Å². The summed E-state index contributed by atoms with van der Waals surface area (Å²) in [5, 5.41) is 7.65. The van der Waals surface area contributed by atoms with E-state index in [4.69, 9.17) is 10.7 Å². The molecule has 170 valence electrons. The highest BCUT2D eigenvalue weighted by molar-refractivity contribution is 6.04. The van der Waals surface area contributed by atoms with E-state index in [1.807, 2.05) is 25.1 Å². The molecule has 9 nitrogen and oxygen atoms in total. The number of nitrogen functional groups attached to an aromatic ring is 1. The maximum atomic E-state index is 13.7. The molecule has 1 aromatic carbocycles. The SMILES string of the molecule is C[C@@H](NC(=O)c1c(N)nn2cccnc12)c1nc2cccc(C#CC3CC3)c2c(=O)n1C1CC1. The number of rotatable bonds is 4. The zero-order valence-corrected chi connectivity index (χ0v) is 18.7. The monoisotopic (exact) mass is 453 g/mol. The van der Waals surface area contributed by atoms with Crippen molar-refractivity contribution in [3.05, 3.63) is 64.0 Å². The number of anilines is 1. The highest BCUT2D eigenvalue weighted by Crippen LogP contribution is 2.36. The summed E-state index contributed by atoms with van der Waals surface area (Å²) >= 11 is 0. The molecule has 1 atom stereocenters. The summed E-state index contributed by atoms with van der Waals surface area (Å²) in [6.45, 7) is 1.82. The lowest BCUT2D eigenvalue weighted by atomic mass is 10.1. The Kier molecular flexibility index (Phi) is 4.62. The first-order valence-corrected chi connectivity index (χ1v) is 11.5. The van der Waals surface area contributed by atoms with E-state index >= 15 is 0 Å². The minimum absolute atomic E-state index is 0.0758. The van der Waals surface area contributed by atoms with Gasteiger partial charge in [0.2, 0.25) is 0 Å². The standard InChI is InChI=1S/C25H23N7O2/c1-14(28-24(33)20-21(26)30-31-13-3-12-27-23(20)31)22-29-18-5-2-4-16(9-8-15-6-7-15)19(18)25(34)32(22)17-10-11-17/h2-5,12-15,17H,6-7,10-11H2,1H3,(H2,26,30)(H,28,33)/t14-/m1/s1. The number of fused-ring (bicyclic) bond motifs is 2. The van der Waals surface area contributed by atoms with Gasteiger partial charge in [0.05, 0.1) is 16.9 Å². The fourth-order valence-electron chi connectivity index (χ4n) is 4.22. The van der Waals surface area contributed by atoms with Crippen LogP contribution in [0.5, 0.6) is 0 Å². The van der Waals surface area contributed by atoms with Crippen molar-refractivity contribution in [3.8, 4) is 11.8 Å². The fourth-order valence-corrected chi connectivity index (χ4v) is 4.22. The highest BCUT2D eigenvalue weighted by Gasteiger charge is 2.31. The molecule has 0 radical (unpaired) electrons. The van der Waals surface area contributed by atoms with Crippen molar-refractivity contribution in [2.24, 2.45) is 5.92 Å². The lowest BCUT2D eigenvalue weighted by molar-refractivity contribution is 0.0939. The second-order valence-corrected chi connectivity index (χ2v) is 8.96. The van der Waals surface area contributed by atoms with Gasteiger partial charge in [0.25, 0.3) is 11.5 Å². The molecule has 2 aliphatic carbocycles. The Labute approximate surface area is 195 Å². The van der Waals surface area contributed by atoms with Crippen LogP contribution in [0.15, 0.2) is 41.5 Å². The maximum absolute atomic E-state index is 13.7. The maximum Gasteiger partial charge on any atom is 0.262 e. The predicted octanol–water partition coefficient (Wildman–Crippen LogP) is 2.61. The highest BCUT2D eigenvalue weighted by atomic mass is 16.2. The lowest BCUT2D eigenvalue weighted by Gasteiger charge is -2.19. The van der Waals surface area contributed by atoms with Gasteiger partial charge in [0, 0.05) is 29.9 Å². The fraction of sp³-hybridized carbons (Fsp3) is 0.320. The van der Waals surface area contributed by atoms with Crippen LogP contribution in [0.4, 0.5) is 5.82 Å². The van der Waals surface area contributed by atoms with Gasteiger partial charge in [-0.05, 0) is 50.8 Å². The summed E-state index contributed by atoms with van der Waals surface area (Å²) in [5.41, 5.74) is 7.76. The first-order chi connectivity index (χ1) is 16.5. The molecule has 34 heavy (non-hydrogen) atoms. The Hall–Kier alpha value is -4.19. The average Bonchev–Trinajstić information content (AvgIpc) is 3.74. The molecular formula is C25H23N7O2. The zero-order chi connectivity index (χ0) is 23.4. The van der Waals surface area contributed by atoms with Crippen LogP contribution in [0.3, 0.4) is 0 Å². The summed E-state index contributed by atoms with van der Waals surface area (Å²) in [4.78, 5) is 35.9. The van der Waals surface area contributed by atoms with Crippen molar-refractivity contribution >= 4 is 28.3 Å². The molecule has 3 heterocycles. The third-order valence-corrected chi connectivity index (χ3v) is 6.24. The van der Waals surface area contributed by atoms with Gasteiger partial charge >= 0.3 is 0 Å². The van der Waals surface area contributed by atoms with E-state index in [1.165, 1.54) is 4.52 Å². The molecule has 9 heteroatoms. The molecule has 3 N–H and O–H groups in total. The Morgan fingerprint density at radius 2 is 2.06 bits per heavy atom. The van der Waals surface area contributed by atoms with Gasteiger partial charge in [-0.3, -0.25) is 14.2 Å². The van der Waals surface area contributed by atoms with Gasteiger partial charge in [-0.25, -0.2) is 14.5 Å². The molecule has 2 fully saturated rings. The largest absolute Gasteiger partial charge is 0.381 e. The first kappa shape index (κ1) is 20.4. The Bertz CT molecular complexity index is 1580. The van der Waals surface area contributed by atoms with Crippen molar-refractivity contribution in [1.29, 1.82) is 0 Å². The summed E-state index contributed by atoms with van der Waals surface area (Å²) in [6, 6.07) is 6.81. The van der Waals surface area contributed by atoms with Crippen LogP contribution < -0.4 is 16.6 Å². The van der Waals surface area contributed by atoms with Crippen molar-refractivity contribution in [2.75, 3.05) is 5.73 Å². The second kappa shape index (κ2) is 7.70. The van der Waals surface area contributed by atoms with Crippen molar-refractivity contribution in [2.45, 2.75) is 44.7 Å². The van der Waals surface area contributed by atoms with E-state index in [1.54, 1.807) is 23.0 Å². The van der Waals surface area contributed by atoms with E-state index in [-0.39, 0.29) is 23.0 Å². The number of nitrogens with zero attached hydrogens (tertiary/aromatic N) is 5. The first-order valence-electron chi connectivity index (χ1n) is 11.5. The number of hydrogen-bond donors (Lipinski definition) is 2. The quantitative estimate of drug-likeness (QED) is 0.458. The van der Waals surface area contributed by atoms with Crippen LogP contribution in [0.1, 0.15) is 66.4 Å². The van der Waals surface area contributed by atoms with E-state index in [0.29, 0.717) is 33.9 Å². The molecule has 3 aromatic heterocycles. The van der Waals surface area contributed by atoms with Crippen LogP contribution in [0, 0.1) is 17.8 Å².